The second-order valence-corrected chi connectivity index (χ2v) is 7.68. The Balaban J connectivity index is 1.17. The number of ether oxygens (including phenoxy) is 2. The number of benzene rings is 2. The number of H-pyrrole nitrogens is 1. The molecule has 0 fully saturated rings. The summed E-state index contributed by atoms with van der Waals surface area (Å²) in [7, 11) is 0. The highest BCUT2D eigenvalue weighted by atomic mass is 16.6. The monoisotopic (exact) mass is 387 g/mol. The van der Waals surface area contributed by atoms with Crippen LogP contribution in [0, 0.1) is 0 Å². The van der Waals surface area contributed by atoms with Crippen LogP contribution in [-0.2, 0) is 0 Å². The third-order valence-corrected chi connectivity index (χ3v) is 5.86. The van der Waals surface area contributed by atoms with E-state index in [1.165, 1.54) is 22.0 Å². The van der Waals surface area contributed by atoms with E-state index in [1.807, 2.05) is 12.1 Å². The number of aromatic amines is 1. The van der Waals surface area contributed by atoms with Crippen molar-refractivity contribution < 1.29 is 14.0 Å². The molecule has 0 amide bonds. The van der Waals surface area contributed by atoms with Crippen LogP contribution in [0.25, 0.3) is 27.4 Å². The summed E-state index contributed by atoms with van der Waals surface area (Å²) in [5.74, 6) is 1.50. The first kappa shape index (κ1) is 16.7. The lowest BCUT2D eigenvalue weighted by atomic mass is 9.99. The van der Waals surface area contributed by atoms with Crippen molar-refractivity contribution in [2.45, 2.75) is 12.5 Å². The molecule has 2 aromatic heterocycles. The van der Waals surface area contributed by atoms with Crippen molar-refractivity contribution in [1.29, 1.82) is 0 Å². The fourth-order valence-corrected chi connectivity index (χ4v) is 4.35. The first-order chi connectivity index (χ1) is 14.3. The van der Waals surface area contributed by atoms with E-state index in [9.17, 15) is 0 Å². The molecule has 1 unspecified atom stereocenters. The Morgan fingerprint density at radius 1 is 1.14 bits per heavy atom. The van der Waals surface area contributed by atoms with Gasteiger partial charge in [-0.1, -0.05) is 29.4 Å². The fourth-order valence-electron chi connectivity index (χ4n) is 4.35. The Bertz CT molecular complexity index is 1220. The van der Waals surface area contributed by atoms with Gasteiger partial charge in [0.25, 0.3) is 0 Å². The molecule has 29 heavy (non-hydrogen) atoms. The Kier molecular flexibility index (Phi) is 3.84. The molecule has 2 aromatic carbocycles. The van der Waals surface area contributed by atoms with Crippen LogP contribution in [-0.4, -0.2) is 47.4 Å². The van der Waals surface area contributed by atoms with Gasteiger partial charge in [-0.25, -0.2) is 0 Å². The minimum absolute atomic E-state index is 0.00830. The summed E-state index contributed by atoms with van der Waals surface area (Å²) in [5, 5.41) is 6.16. The van der Waals surface area contributed by atoms with Crippen LogP contribution in [0.15, 0.2) is 59.5 Å². The SMILES string of the molecule is C1=C(c2c[nH]c3ccccc23)CCN(CC2COc3ccc4nocc4c3O2)C1. The number of hydrogen-bond donors (Lipinski definition) is 1. The molecule has 146 valence electrons. The van der Waals surface area contributed by atoms with E-state index >= 15 is 0 Å². The average molecular weight is 387 g/mol. The molecule has 2 aliphatic heterocycles. The summed E-state index contributed by atoms with van der Waals surface area (Å²) in [6, 6.07) is 12.3. The summed E-state index contributed by atoms with van der Waals surface area (Å²) in [4.78, 5) is 5.80. The zero-order valence-electron chi connectivity index (χ0n) is 15.9. The first-order valence-electron chi connectivity index (χ1n) is 9.99. The maximum Gasteiger partial charge on any atom is 0.174 e. The molecular formula is C23H21N3O3. The number of nitrogens with one attached hydrogen (secondary N) is 1. The number of nitrogens with zero attached hydrogens (tertiary/aromatic N) is 2. The molecule has 0 aliphatic carbocycles. The topological polar surface area (TPSA) is 63.5 Å². The van der Waals surface area contributed by atoms with E-state index in [0.717, 1.165) is 48.5 Å². The van der Waals surface area contributed by atoms with Gasteiger partial charge >= 0.3 is 0 Å². The highest BCUT2D eigenvalue weighted by Crippen LogP contribution is 2.38. The quantitative estimate of drug-likeness (QED) is 0.570. The molecule has 6 nitrogen and oxygen atoms in total. The predicted octanol–water partition coefficient (Wildman–Crippen LogP) is 4.24. The smallest absolute Gasteiger partial charge is 0.174 e. The van der Waals surface area contributed by atoms with E-state index in [1.54, 1.807) is 6.26 Å². The molecule has 4 aromatic rings. The van der Waals surface area contributed by atoms with Gasteiger partial charge in [0.2, 0.25) is 0 Å². The third kappa shape index (κ3) is 2.87. The predicted molar refractivity (Wildman–Crippen MR) is 111 cm³/mol. The van der Waals surface area contributed by atoms with Crippen LogP contribution in [0.5, 0.6) is 11.5 Å². The lowest BCUT2D eigenvalue weighted by Gasteiger charge is -2.33. The summed E-state index contributed by atoms with van der Waals surface area (Å²) >= 11 is 0. The molecule has 0 saturated carbocycles. The molecule has 0 radical (unpaired) electrons. The highest BCUT2D eigenvalue weighted by Gasteiger charge is 2.27. The van der Waals surface area contributed by atoms with Crippen LogP contribution >= 0.6 is 0 Å². The maximum atomic E-state index is 6.27. The largest absolute Gasteiger partial charge is 0.486 e. The average Bonchev–Trinajstić information content (AvgIpc) is 3.42. The van der Waals surface area contributed by atoms with Crippen molar-refractivity contribution >= 4 is 27.4 Å². The Morgan fingerprint density at radius 3 is 3.03 bits per heavy atom. The van der Waals surface area contributed by atoms with Gasteiger partial charge < -0.3 is 19.0 Å². The Morgan fingerprint density at radius 2 is 2.10 bits per heavy atom. The van der Waals surface area contributed by atoms with E-state index in [-0.39, 0.29) is 6.10 Å². The highest BCUT2D eigenvalue weighted by molar-refractivity contribution is 5.92. The van der Waals surface area contributed by atoms with E-state index in [2.05, 4.69) is 51.6 Å². The van der Waals surface area contributed by atoms with E-state index in [0.29, 0.717) is 6.61 Å². The number of aromatic nitrogens is 2. The van der Waals surface area contributed by atoms with Gasteiger partial charge in [0.15, 0.2) is 11.5 Å². The maximum absolute atomic E-state index is 6.27. The van der Waals surface area contributed by atoms with Gasteiger partial charge in [-0.3, -0.25) is 4.90 Å². The number of para-hydroxylation sites is 1. The standard InChI is InChI=1S/C23H21N3O3/c1-2-4-20-17(3-1)18(11-24-20)15-7-9-26(10-8-15)12-16-13-27-22-6-5-21-19(14-28-25-21)23(22)29-16/h1-7,11,14,16,24H,8-10,12-13H2. The van der Waals surface area contributed by atoms with Crippen molar-refractivity contribution in [3.8, 4) is 11.5 Å². The number of fused-ring (bicyclic) bond motifs is 4. The van der Waals surface area contributed by atoms with Crippen molar-refractivity contribution in [3.05, 3.63) is 60.5 Å². The number of rotatable bonds is 3. The van der Waals surface area contributed by atoms with E-state index < -0.39 is 0 Å². The third-order valence-electron chi connectivity index (χ3n) is 5.86. The molecule has 4 heterocycles. The van der Waals surface area contributed by atoms with Crippen molar-refractivity contribution in [2.24, 2.45) is 0 Å². The van der Waals surface area contributed by atoms with Crippen molar-refractivity contribution in [3.63, 3.8) is 0 Å². The van der Waals surface area contributed by atoms with E-state index in [4.69, 9.17) is 14.0 Å². The van der Waals surface area contributed by atoms with Gasteiger partial charge in [-0.05, 0) is 30.2 Å². The number of hydrogen-bond acceptors (Lipinski definition) is 5. The molecular weight excluding hydrogens is 366 g/mol. The zero-order chi connectivity index (χ0) is 19.2. The minimum Gasteiger partial charge on any atom is -0.486 e. The van der Waals surface area contributed by atoms with Crippen LogP contribution in [0.1, 0.15) is 12.0 Å². The fraction of sp³-hybridized carbons (Fsp3) is 0.261. The lowest BCUT2D eigenvalue weighted by Crippen LogP contribution is -2.42. The molecule has 0 spiro atoms. The van der Waals surface area contributed by atoms with Gasteiger partial charge in [-0.2, -0.15) is 0 Å². The summed E-state index contributed by atoms with van der Waals surface area (Å²) in [6.07, 6.45) is 7.12. The molecule has 6 rings (SSSR count). The molecule has 0 saturated heterocycles. The molecule has 1 atom stereocenters. The molecule has 1 N–H and O–H groups in total. The Hall–Kier alpha value is -3.25. The summed E-state index contributed by atoms with van der Waals surface area (Å²) < 4.78 is 17.3. The summed E-state index contributed by atoms with van der Waals surface area (Å²) in [5.41, 5.74) is 4.71. The van der Waals surface area contributed by atoms with Crippen LogP contribution in [0.3, 0.4) is 0 Å². The second-order valence-electron chi connectivity index (χ2n) is 7.68. The first-order valence-corrected chi connectivity index (χ1v) is 9.99. The van der Waals surface area contributed by atoms with Gasteiger partial charge in [-0.15, -0.1) is 0 Å². The van der Waals surface area contributed by atoms with Crippen molar-refractivity contribution in [2.75, 3.05) is 26.2 Å². The summed E-state index contributed by atoms with van der Waals surface area (Å²) in [6.45, 7) is 3.31. The van der Waals surface area contributed by atoms with Gasteiger partial charge in [0, 0.05) is 42.3 Å². The molecule has 2 aliphatic rings. The lowest BCUT2D eigenvalue weighted by molar-refractivity contribution is 0.0632. The second kappa shape index (κ2) is 6.67. The van der Waals surface area contributed by atoms with Crippen LogP contribution < -0.4 is 9.47 Å². The Labute approximate surface area is 167 Å². The van der Waals surface area contributed by atoms with Crippen LogP contribution in [0.4, 0.5) is 0 Å². The van der Waals surface area contributed by atoms with Crippen LogP contribution in [0.2, 0.25) is 0 Å². The minimum atomic E-state index is -0.00830. The molecule has 6 heteroatoms. The van der Waals surface area contributed by atoms with Crippen molar-refractivity contribution in [1.82, 2.24) is 15.0 Å². The normalized spacial score (nSPS) is 19.6. The zero-order valence-corrected chi connectivity index (χ0v) is 15.9. The van der Waals surface area contributed by atoms with Gasteiger partial charge in [0.05, 0.1) is 5.39 Å². The van der Waals surface area contributed by atoms with Gasteiger partial charge in [0.1, 0.15) is 24.5 Å². The molecule has 0 bridgehead atoms.